The summed E-state index contributed by atoms with van der Waals surface area (Å²) in [5, 5.41) is 0. The minimum Gasteiger partial charge on any atom is -0.398 e. The summed E-state index contributed by atoms with van der Waals surface area (Å²) < 4.78 is 13.5. The minimum absolute atomic E-state index is 0.410. The van der Waals surface area contributed by atoms with E-state index in [-0.39, 0.29) is 0 Å². The average molecular weight is 286 g/mol. The molecule has 110 valence electrons. The van der Waals surface area contributed by atoms with Gasteiger partial charge in [-0.2, -0.15) is 0 Å². The number of hydrogen-bond donors (Lipinski definition) is 1. The Morgan fingerprint density at radius 3 is 2.33 bits per heavy atom. The van der Waals surface area contributed by atoms with Crippen molar-refractivity contribution in [2.24, 2.45) is 0 Å². The van der Waals surface area contributed by atoms with Gasteiger partial charge in [-0.05, 0) is 39.8 Å². The summed E-state index contributed by atoms with van der Waals surface area (Å²) in [5.41, 5.74) is 0.567. The normalized spacial score (nSPS) is 19.9. The number of imidazole rings is 1. The first-order valence-corrected chi connectivity index (χ1v) is 6.91. The summed E-state index contributed by atoms with van der Waals surface area (Å²) in [6.07, 6.45) is 3.38. The zero-order valence-corrected chi connectivity index (χ0v) is 12.7. The second kappa shape index (κ2) is 4.57. The van der Waals surface area contributed by atoms with Crippen molar-refractivity contribution in [3.63, 3.8) is 0 Å². The fourth-order valence-corrected chi connectivity index (χ4v) is 2.20. The van der Waals surface area contributed by atoms with E-state index in [1.54, 1.807) is 12.4 Å². The van der Waals surface area contributed by atoms with Gasteiger partial charge in [0.1, 0.15) is 5.69 Å². The molecule has 21 heavy (non-hydrogen) atoms. The van der Waals surface area contributed by atoms with Gasteiger partial charge in [0.2, 0.25) is 0 Å². The first-order valence-electron chi connectivity index (χ1n) is 6.91. The van der Waals surface area contributed by atoms with Crippen LogP contribution in [0, 0.1) is 0 Å². The Kier molecular flexibility index (Phi) is 3.07. The molecule has 0 radical (unpaired) electrons. The summed E-state index contributed by atoms with van der Waals surface area (Å²) in [6.45, 7) is 8.02. The second-order valence-electron chi connectivity index (χ2n) is 6.18. The van der Waals surface area contributed by atoms with E-state index in [4.69, 9.17) is 15.2 Å². The van der Waals surface area contributed by atoms with Gasteiger partial charge >= 0.3 is 7.12 Å². The van der Waals surface area contributed by atoms with Crippen LogP contribution in [0.4, 0.5) is 0 Å². The van der Waals surface area contributed by atoms with Gasteiger partial charge < -0.3 is 15.2 Å². The van der Waals surface area contributed by atoms with Gasteiger partial charge in [-0.25, -0.2) is 9.66 Å². The number of nitrogens with zero attached hydrogens (tertiary/aromatic N) is 3. The maximum Gasteiger partial charge on any atom is 0.516 e. The maximum absolute atomic E-state index is 6.15. The van der Waals surface area contributed by atoms with Crippen LogP contribution in [0.2, 0.25) is 0 Å². The molecule has 7 heteroatoms. The first kappa shape index (κ1) is 14.1. The van der Waals surface area contributed by atoms with Crippen molar-refractivity contribution in [2.75, 3.05) is 5.84 Å². The molecule has 0 atom stereocenters. The van der Waals surface area contributed by atoms with Crippen LogP contribution in [-0.2, 0) is 9.31 Å². The topological polar surface area (TPSA) is 75.2 Å². The van der Waals surface area contributed by atoms with Crippen molar-refractivity contribution >= 4 is 12.7 Å². The van der Waals surface area contributed by atoms with E-state index in [2.05, 4.69) is 9.97 Å². The highest BCUT2D eigenvalue weighted by Gasteiger charge is 2.53. The van der Waals surface area contributed by atoms with Crippen molar-refractivity contribution in [1.82, 2.24) is 14.6 Å². The highest BCUT2D eigenvalue weighted by molar-refractivity contribution is 6.61. The van der Waals surface area contributed by atoms with Gasteiger partial charge in [-0.3, -0.25) is 4.98 Å². The molecule has 0 unspecified atom stereocenters. The van der Waals surface area contributed by atoms with Gasteiger partial charge in [-0.15, -0.1) is 0 Å². The smallest absolute Gasteiger partial charge is 0.398 e. The molecule has 1 aliphatic heterocycles. The molecule has 2 aromatic rings. The van der Waals surface area contributed by atoms with Crippen LogP contribution in [0.15, 0.2) is 30.6 Å². The molecule has 0 amide bonds. The van der Waals surface area contributed by atoms with Crippen LogP contribution in [0.3, 0.4) is 0 Å². The Balaban J connectivity index is 1.94. The van der Waals surface area contributed by atoms with Gasteiger partial charge in [0.05, 0.1) is 16.8 Å². The van der Waals surface area contributed by atoms with Gasteiger partial charge in [0.25, 0.3) is 0 Å². The van der Waals surface area contributed by atoms with Crippen molar-refractivity contribution in [1.29, 1.82) is 0 Å². The summed E-state index contributed by atoms with van der Waals surface area (Å²) in [7, 11) is -0.537. The number of nitrogens with two attached hydrogens (primary N) is 1. The summed E-state index contributed by atoms with van der Waals surface area (Å²) in [4.78, 5) is 8.60. The van der Waals surface area contributed by atoms with Gasteiger partial charge in [0.15, 0.2) is 5.82 Å². The van der Waals surface area contributed by atoms with Gasteiger partial charge in [0, 0.05) is 12.4 Å². The lowest BCUT2D eigenvalue weighted by molar-refractivity contribution is 0.00578. The van der Waals surface area contributed by atoms with E-state index in [0.29, 0.717) is 17.1 Å². The number of pyridine rings is 1. The van der Waals surface area contributed by atoms with E-state index in [0.717, 1.165) is 0 Å². The van der Waals surface area contributed by atoms with Crippen molar-refractivity contribution in [3.8, 4) is 11.5 Å². The molecule has 1 fully saturated rings. The number of aromatic nitrogens is 3. The van der Waals surface area contributed by atoms with Crippen LogP contribution in [0.5, 0.6) is 0 Å². The molecule has 6 nitrogen and oxygen atoms in total. The molecular formula is C14H19BN4O2. The van der Waals surface area contributed by atoms with Crippen LogP contribution in [-0.4, -0.2) is 33.0 Å². The Morgan fingerprint density at radius 1 is 1.10 bits per heavy atom. The Morgan fingerprint density at radius 2 is 1.76 bits per heavy atom. The van der Waals surface area contributed by atoms with E-state index in [1.165, 1.54) is 4.68 Å². The molecule has 0 bridgehead atoms. The standard InChI is InChI=1S/C14H19BN4O2/c1-13(2)14(3,4)21-15(20-13)11-9-18-12(19(11)16)10-7-5-6-8-17-10/h5-9H,16H2,1-4H3. The third-order valence-corrected chi connectivity index (χ3v) is 4.21. The molecule has 1 saturated heterocycles. The first-order chi connectivity index (χ1) is 9.82. The van der Waals surface area contributed by atoms with Crippen LogP contribution in [0.25, 0.3) is 11.5 Å². The van der Waals surface area contributed by atoms with Crippen molar-refractivity contribution in [2.45, 2.75) is 38.9 Å². The van der Waals surface area contributed by atoms with Crippen LogP contribution >= 0.6 is 0 Å². The highest BCUT2D eigenvalue weighted by Crippen LogP contribution is 2.36. The molecule has 3 heterocycles. The Hall–Kier alpha value is -1.86. The van der Waals surface area contributed by atoms with Crippen LogP contribution in [0.1, 0.15) is 27.7 Å². The summed E-state index contributed by atoms with van der Waals surface area (Å²) in [5.74, 6) is 6.73. The summed E-state index contributed by atoms with van der Waals surface area (Å²) >= 11 is 0. The lowest BCUT2D eigenvalue weighted by Gasteiger charge is -2.32. The molecule has 2 N–H and O–H groups in total. The molecule has 0 aliphatic carbocycles. The number of rotatable bonds is 2. The van der Waals surface area contributed by atoms with Gasteiger partial charge in [-0.1, -0.05) is 6.07 Å². The lowest BCUT2D eigenvalue weighted by Crippen LogP contribution is -2.42. The maximum atomic E-state index is 6.15. The molecule has 0 spiro atoms. The van der Waals surface area contributed by atoms with E-state index in [9.17, 15) is 0 Å². The third-order valence-electron chi connectivity index (χ3n) is 4.21. The molecule has 3 rings (SSSR count). The third kappa shape index (κ3) is 2.22. The fraction of sp³-hybridized carbons (Fsp3) is 0.429. The predicted molar refractivity (Wildman–Crippen MR) is 81.3 cm³/mol. The molecular weight excluding hydrogens is 267 g/mol. The SMILES string of the molecule is CC1(C)OB(c2cnc(-c3ccccn3)n2N)OC1(C)C. The number of hydrogen-bond acceptors (Lipinski definition) is 5. The zero-order valence-electron chi connectivity index (χ0n) is 12.7. The summed E-state index contributed by atoms with van der Waals surface area (Å²) in [6, 6.07) is 5.60. The van der Waals surface area contributed by atoms with Crippen molar-refractivity contribution in [3.05, 3.63) is 30.6 Å². The predicted octanol–water partition coefficient (Wildman–Crippen LogP) is 0.958. The quantitative estimate of drug-likeness (QED) is 0.657. The Labute approximate surface area is 124 Å². The largest absolute Gasteiger partial charge is 0.516 e. The second-order valence-corrected chi connectivity index (χ2v) is 6.18. The molecule has 0 saturated carbocycles. The molecule has 1 aliphatic rings. The highest BCUT2D eigenvalue weighted by atomic mass is 16.7. The zero-order chi connectivity index (χ0) is 15.3. The van der Waals surface area contributed by atoms with E-state index < -0.39 is 18.3 Å². The van der Waals surface area contributed by atoms with E-state index >= 15 is 0 Å². The lowest BCUT2D eigenvalue weighted by atomic mass is 9.85. The monoisotopic (exact) mass is 286 g/mol. The average Bonchev–Trinajstić information content (AvgIpc) is 2.89. The minimum atomic E-state index is -0.537. The van der Waals surface area contributed by atoms with Crippen LogP contribution < -0.4 is 11.4 Å². The Bertz CT molecular complexity index is 638. The molecule has 0 aromatic carbocycles. The van der Waals surface area contributed by atoms with Crippen molar-refractivity contribution < 1.29 is 9.31 Å². The number of nitrogen functional groups attached to an aromatic ring is 1. The van der Waals surface area contributed by atoms with E-state index in [1.807, 2.05) is 45.9 Å². The molecule has 2 aromatic heterocycles. The fourth-order valence-electron chi connectivity index (χ4n) is 2.20.